The van der Waals surface area contributed by atoms with Gasteiger partial charge >= 0.3 is 0 Å². The van der Waals surface area contributed by atoms with Gasteiger partial charge in [0.25, 0.3) is 0 Å². The zero-order chi connectivity index (χ0) is 36.6. The normalized spacial score (nSPS) is 11.3. The summed E-state index contributed by atoms with van der Waals surface area (Å²) < 4.78 is 6.44. The summed E-state index contributed by atoms with van der Waals surface area (Å²) in [6, 6.07) is 69.4. The highest BCUT2D eigenvalue weighted by Gasteiger charge is 2.19. The van der Waals surface area contributed by atoms with Crippen LogP contribution < -0.4 is 0 Å². The van der Waals surface area contributed by atoms with Gasteiger partial charge in [0.05, 0.1) is 0 Å². The fourth-order valence-corrected chi connectivity index (χ4v) is 7.52. The monoisotopic (exact) mass is 703 g/mol. The van der Waals surface area contributed by atoms with Crippen molar-refractivity contribution in [2.24, 2.45) is 0 Å². The summed E-state index contributed by atoms with van der Waals surface area (Å²) in [5.74, 6) is 1.85. The van der Waals surface area contributed by atoms with Gasteiger partial charge in [0.15, 0.2) is 17.5 Å². The van der Waals surface area contributed by atoms with Crippen molar-refractivity contribution in [1.82, 2.24) is 15.0 Å². The topological polar surface area (TPSA) is 51.8 Å². The minimum atomic E-state index is 0.600. The molecule has 4 nitrogen and oxygen atoms in total. The standard InChI is InChI=1S/C51H33N3O/c1-4-15-35(16-5-1)40-21-10-12-23-42(40)43-24-13-11-22-41(43)36-29-27-34(28-30-36)39-31-32-46-45(33-39)48-44(25-14-26-47(48)55-46)51-53-49(37-17-6-2-7-18-37)52-50(54-51)38-19-8-3-9-20-38/h1-33H. The average Bonchev–Trinajstić information content (AvgIpc) is 3.66. The van der Waals surface area contributed by atoms with Gasteiger partial charge in [0.2, 0.25) is 0 Å². The van der Waals surface area contributed by atoms with Gasteiger partial charge in [0.1, 0.15) is 11.2 Å². The zero-order valence-electron chi connectivity index (χ0n) is 29.8. The van der Waals surface area contributed by atoms with E-state index in [0.717, 1.165) is 55.3 Å². The Labute approximate surface area is 319 Å². The lowest BCUT2D eigenvalue weighted by atomic mass is 9.89. The van der Waals surface area contributed by atoms with Crippen LogP contribution in [0, 0.1) is 0 Å². The molecule has 2 aromatic heterocycles. The van der Waals surface area contributed by atoms with E-state index in [1.54, 1.807) is 0 Å². The molecule has 0 N–H and O–H groups in total. The number of aromatic nitrogens is 3. The highest BCUT2D eigenvalue weighted by atomic mass is 16.3. The number of nitrogens with zero attached hydrogens (tertiary/aromatic N) is 3. The van der Waals surface area contributed by atoms with E-state index in [1.165, 1.54) is 27.8 Å². The van der Waals surface area contributed by atoms with Crippen LogP contribution in [0.4, 0.5) is 0 Å². The first-order chi connectivity index (χ1) is 27.3. The van der Waals surface area contributed by atoms with Crippen LogP contribution in [0.5, 0.6) is 0 Å². The number of hydrogen-bond donors (Lipinski definition) is 0. The first-order valence-corrected chi connectivity index (χ1v) is 18.4. The molecule has 8 aromatic carbocycles. The second-order valence-corrected chi connectivity index (χ2v) is 13.6. The molecule has 0 unspecified atom stereocenters. The van der Waals surface area contributed by atoms with Crippen LogP contribution in [-0.2, 0) is 0 Å². The largest absolute Gasteiger partial charge is 0.456 e. The van der Waals surface area contributed by atoms with E-state index in [4.69, 9.17) is 19.4 Å². The molecule has 0 atom stereocenters. The molecule has 0 amide bonds. The third-order valence-electron chi connectivity index (χ3n) is 10.2. The van der Waals surface area contributed by atoms with E-state index in [9.17, 15) is 0 Å². The lowest BCUT2D eigenvalue weighted by Gasteiger charge is -2.15. The summed E-state index contributed by atoms with van der Waals surface area (Å²) in [5, 5.41) is 1.99. The van der Waals surface area contributed by atoms with Crippen molar-refractivity contribution >= 4 is 21.9 Å². The summed E-state index contributed by atoms with van der Waals surface area (Å²) >= 11 is 0. The second kappa shape index (κ2) is 13.8. The van der Waals surface area contributed by atoms with E-state index >= 15 is 0 Å². The van der Waals surface area contributed by atoms with Crippen LogP contribution in [-0.4, -0.2) is 15.0 Å². The maximum absolute atomic E-state index is 6.44. The zero-order valence-corrected chi connectivity index (χ0v) is 29.8. The number of furan rings is 1. The van der Waals surface area contributed by atoms with Gasteiger partial charge in [-0.25, -0.2) is 15.0 Å². The van der Waals surface area contributed by atoms with E-state index in [0.29, 0.717) is 17.5 Å². The van der Waals surface area contributed by atoms with Crippen molar-refractivity contribution in [3.63, 3.8) is 0 Å². The Kier molecular flexibility index (Phi) is 8.12. The highest BCUT2D eigenvalue weighted by Crippen LogP contribution is 2.41. The van der Waals surface area contributed by atoms with Gasteiger partial charge in [-0.05, 0) is 62.7 Å². The van der Waals surface area contributed by atoms with Crippen molar-refractivity contribution in [2.75, 3.05) is 0 Å². The minimum absolute atomic E-state index is 0.600. The minimum Gasteiger partial charge on any atom is -0.456 e. The van der Waals surface area contributed by atoms with Crippen LogP contribution in [0.25, 0.3) is 101 Å². The molecule has 2 heterocycles. The van der Waals surface area contributed by atoms with Crippen molar-refractivity contribution in [3.05, 3.63) is 200 Å². The van der Waals surface area contributed by atoms with Gasteiger partial charge in [0, 0.05) is 27.5 Å². The third-order valence-corrected chi connectivity index (χ3v) is 10.2. The molecule has 0 aliphatic carbocycles. The Bertz CT molecular complexity index is 2900. The smallest absolute Gasteiger partial charge is 0.164 e. The molecule has 0 spiro atoms. The van der Waals surface area contributed by atoms with Crippen LogP contribution in [0.2, 0.25) is 0 Å². The molecule has 0 fully saturated rings. The molecule has 10 rings (SSSR count). The summed E-state index contributed by atoms with van der Waals surface area (Å²) in [5.41, 5.74) is 13.8. The molecule has 0 saturated heterocycles. The molecule has 0 radical (unpaired) electrons. The number of fused-ring (bicyclic) bond motifs is 3. The van der Waals surface area contributed by atoms with Crippen LogP contribution in [0.3, 0.4) is 0 Å². The molecule has 10 aromatic rings. The first-order valence-electron chi connectivity index (χ1n) is 18.4. The van der Waals surface area contributed by atoms with Crippen LogP contribution in [0.1, 0.15) is 0 Å². The van der Waals surface area contributed by atoms with Gasteiger partial charge in [-0.3, -0.25) is 0 Å². The van der Waals surface area contributed by atoms with Gasteiger partial charge in [-0.1, -0.05) is 182 Å². The van der Waals surface area contributed by atoms with Crippen molar-refractivity contribution < 1.29 is 4.42 Å². The molecule has 55 heavy (non-hydrogen) atoms. The van der Waals surface area contributed by atoms with Crippen molar-refractivity contribution in [1.29, 1.82) is 0 Å². The Morgan fingerprint density at radius 2 is 0.709 bits per heavy atom. The Morgan fingerprint density at radius 1 is 0.273 bits per heavy atom. The lowest BCUT2D eigenvalue weighted by Crippen LogP contribution is -2.00. The van der Waals surface area contributed by atoms with Crippen LogP contribution in [0.15, 0.2) is 205 Å². The Hall–Kier alpha value is -7.43. The van der Waals surface area contributed by atoms with E-state index in [-0.39, 0.29) is 0 Å². The Balaban J connectivity index is 1.06. The molecule has 0 aliphatic rings. The third kappa shape index (κ3) is 6.06. The number of benzene rings is 8. The van der Waals surface area contributed by atoms with Gasteiger partial charge < -0.3 is 4.42 Å². The molecular formula is C51H33N3O. The van der Waals surface area contributed by atoms with E-state index < -0.39 is 0 Å². The SMILES string of the molecule is c1ccc(-c2nc(-c3ccccc3)nc(-c3cccc4oc5ccc(-c6ccc(-c7ccccc7-c7ccccc7-c7ccccc7)cc6)cc5c34)n2)cc1. The molecular weight excluding hydrogens is 671 g/mol. The highest BCUT2D eigenvalue weighted by molar-refractivity contribution is 6.12. The molecule has 258 valence electrons. The number of rotatable bonds is 7. The summed E-state index contributed by atoms with van der Waals surface area (Å²) in [7, 11) is 0. The summed E-state index contributed by atoms with van der Waals surface area (Å²) in [6.45, 7) is 0. The Morgan fingerprint density at radius 3 is 1.29 bits per heavy atom. The van der Waals surface area contributed by atoms with Crippen LogP contribution >= 0.6 is 0 Å². The maximum atomic E-state index is 6.44. The van der Waals surface area contributed by atoms with E-state index in [1.807, 2.05) is 72.8 Å². The number of hydrogen-bond acceptors (Lipinski definition) is 4. The molecule has 4 heteroatoms. The average molecular weight is 704 g/mol. The van der Waals surface area contributed by atoms with Gasteiger partial charge in [-0.15, -0.1) is 0 Å². The van der Waals surface area contributed by atoms with Crippen molar-refractivity contribution in [3.8, 4) is 78.7 Å². The van der Waals surface area contributed by atoms with Crippen molar-refractivity contribution in [2.45, 2.75) is 0 Å². The second-order valence-electron chi connectivity index (χ2n) is 13.6. The maximum Gasteiger partial charge on any atom is 0.164 e. The molecule has 0 aliphatic heterocycles. The predicted octanol–water partition coefficient (Wildman–Crippen LogP) is 13.4. The first kappa shape index (κ1) is 32.2. The lowest BCUT2D eigenvalue weighted by molar-refractivity contribution is 0.669. The fraction of sp³-hybridized carbons (Fsp3) is 0. The predicted molar refractivity (Wildman–Crippen MR) is 225 cm³/mol. The van der Waals surface area contributed by atoms with E-state index in [2.05, 4.69) is 127 Å². The molecule has 0 saturated carbocycles. The van der Waals surface area contributed by atoms with Gasteiger partial charge in [-0.2, -0.15) is 0 Å². The fourth-order valence-electron chi connectivity index (χ4n) is 7.52. The molecule has 0 bridgehead atoms. The summed E-state index contributed by atoms with van der Waals surface area (Å²) in [6.07, 6.45) is 0. The summed E-state index contributed by atoms with van der Waals surface area (Å²) in [4.78, 5) is 15.0. The quantitative estimate of drug-likeness (QED) is 0.166.